The third-order valence-corrected chi connectivity index (χ3v) is 20.5. The maximum Gasteiger partial charge on any atom is 0.253 e. The summed E-state index contributed by atoms with van der Waals surface area (Å²) in [6.07, 6.45) is 4.69. The molecule has 2 aromatic carbocycles. The van der Waals surface area contributed by atoms with E-state index < -0.39 is 20.0 Å². The van der Waals surface area contributed by atoms with E-state index in [2.05, 4.69) is 15.1 Å². The van der Waals surface area contributed by atoms with Crippen molar-refractivity contribution in [2.24, 2.45) is 5.16 Å². The van der Waals surface area contributed by atoms with Crippen molar-refractivity contribution in [2.75, 3.05) is 39.3 Å². The molecule has 330 valence electrons. The van der Waals surface area contributed by atoms with Crippen molar-refractivity contribution in [1.82, 2.24) is 28.4 Å². The molecule has 10 rings (SSSR count). The molecule has 1 N–H and O–H groups in total. The molecule has 23 heteroatoms. The van der Waals surface area contributed by atoms with Gasteiger partial charge in [0, 0.05) is 61.8 Å². The lowest BCUT2D eigenvalue weighted by atomic mass is 10.0. The lowest BCUT2D eigenvalue weighted by Crippen LogP contribution is -2.51. The van der Waals surface area contributed by atoms with Crippen LogP contribution in [0, 0.1) is 0 Å². The predicted molar refractivity (Wildman–Crippen MR) is 245 cm³/mol. The van der Waals surface area contributed by atoms with Gasteiger partial charge in [0.25, 0.3) is 20.0 Å². The molecule has 0 atom stereocenters. The highest BCUT2D eigenvalue weighted by Crippen LogP contribution is 2.36. The normalized spacial score (nSPS) is 18.6. The zero-order valence-corrected chi connectivity index (χ0v) is 39.6. The molecule has 0 saturated carbocycles. The average Bonchev–Trinajstić information content (AvgIpc) is 4.07. The van der Waals surface area contributed by atoms with Crippen molar-refractivity contribution < 1.29 is 36.4 Å². The van der Waals surface area contributed by atoms with E-state index in [1.807, 2.05) is 0 Å². The molecule has 4 aromatic heterocycles. The number of hydrogen-bond donors (Lipinski definition) is 1. The fourth-order valence-electron chi connectivity index (χ4n) is 7.79. The number of ketones is 1. The Morgan fingerprint density at radius 2 is 1.10 bits per heavy atom. The Bertz CT molecular complexity index is 3070. The van der Waals surface area contributed by atoms with Crippen LogP contribution < -0.4 is 0 Å². The molecule has 4 aliphatic rings. The third-order valence-electron chi connectivity index (χ3n) is 11.1. The molecule has 0 unspecified atom stereocenters. The number of rotatable bonds is 8. The lowest BCUT2D eigenvalue weighted by molar-refractivity contribution is -0.135. The predicted octanol–water partition coefficient (Wildman–Crippen LogP) is 7.12. The van der Waals surface area contributed by atoms with Gasteiger partial charge in [-0.05, 0) is 79.3 Å². The fraction of sp³-hybridized carbons (Fsp3) is 0.350. The Hall–Kier alpha value is -3.90. The molecule has 15 nitrogen and oxygen atoms in total. The second-order valence-electron chi connectivity index (χ2n) is 15.2. The van der Waals surface area contributed by atoms with Crippen LogP contribution in [0.1, 0.15) is 61.6 Å². The molecule has 6 heterocycles. The molecule has 6 aromatic rings. The average molecular weight is 1010 g/mol. The first kappa shape index (κ1) is 44.3. The maximum atomic E-state index is 13.1. The van der Waals surface area contributed by atoms with E-state index in [4.69, 9.17) is 23.2 Å². The number of carbonyl (C=O) groups is 3. The van der Waals surface area contributed by atoms with Crippen molar-refractivity contribution in [1.29, 1.82) is 0 Å². The van der Waals surface area contributed by atoms with Gasteiger partial charge in [0.2, 0.25) is 11.8 Å². The summed E-state index contributed by atoms with van der Waals surface area (Å²) in [5, 5.41) is 16.7. The molecular formula is C40H37Cl2N7O8S6. The van der Waals surface area contributed by atoms with Crippen LogP contribution in [-0.2, 0) is 55.6 Å². The highest BCUT2D eigenvalue weighted by molar-refractivity contribution is 7.91. The van der Waals surface area contributed by atoms with Crippen LogP contribution >= 0.6 is 68.5 Å². The minimum absolute atomic E-state index is 0.0654. The standard InChI is InChI=1S/C20H19ClN4O4S3.C20H18ClN3O4S3/c21-13-5-4-12-8-19(31-16(12)9-13)32(28,29)25-7-6-24(18(26)11-25)10-17-22-20-14(23-27)2-1-3-15(20)30-17;21-13-5-4-12-8-19(30-16(12)9-13)31(27,28)24-7-6-23(18(26)11-24)10-17-22-20-14(25)2-1-3-15(20)29-17/h4-5,8-9,27H,1-3,6-7,10-11H2;4-5,8-9H,1-3,6-7,10-11H2. The number of halogens is 2. The van der Waals surface area contributed by atoms with Crippen molar-refractivity contribution in [3.63, 3.8) is 0 Å². The molecule has 0 bridgehead atoms. The van der Waals surface area contributed by atoms with Gasteiger partial charge >= 0.3 is 0 Å². The first-order valence-electron chi connectivity index (χ1n) is 19.8. The minimum atomic E-state index is -3.77. The Balaban J connectivity index is 0.000000160. The summed E-state index contributed by atoms with van der Waals surface area (Å²) < 4.78 is 57.0. The molecular weight excluding hydrogens is 970 g/mol. The van der Waals surface area contributed by atoms with Crippen molar-refractivity contribution in [2.45, 2.75) is 60.0 Å². The van der Waals surface area contributed by atoms with E-state index >= 15 is 0 Å². The van der Waals surface area contributed by atoms with Gasteiger partial charge in [-0.2, -0.15) is 8.61 Å². The Kier molecular flexibility index (Phi) is 12.5. The number of oxime groups is 1. The molecule has 0 spiro atoms. The topological polar surface area (TPSA) is 191 Å². The molecule has 2 aliphatic carbocycles. The van der Waals surface area contributed by atoms with Crippen LogP contribution in [0.25, 0.3) is 20.2 Å². The summed E-state index contributed by atoms with van der Waals surface area (Å²) in [4.78, 5) is 51.8. The van der Waals surface area contributed by atoms with E-state index in [9.17, 15) is 36.4 Å². The van der Waals surface area contributed by atoms with Crippen LogP contribution in [-0.4, -0.2) is 113 Å². The van der Waals surface area contributed by atoms with E-state index in [1.165, 1.54) is 31.3 Å². The first-order valence-corrected chi connectivity index (χ1v) is 26.7. The number of thiazole rings is 2. The summed E-state index contributed by atoms with van der Waals surface area (Å²) in [5.74, 6) is -0.456. The van der Waals surface area contributed by atoms with Gasteiger partial charge in [-0.3, -0.25) is 14.4 Å². The summed E-state index contributed by atoms with van der Waals surface area (Å²) in [7, 11) is -7.55. The quantitative estimate of drug-likeness (QED) is 0.121. The van der Waals surface area contributed by atoms with Gasteiger partial charge in [-0.25, -0.2) is 26.8 Å². The zero-order chi connectivity index (χ0) is 44.2. The second-order valence-corrected chi connectivity index (χ2v) is 24.9. The van der Waals surface area contributed by atoms with Crippen LogP contribution in [0.2, 0.25) is 10.0 Å². The molecule has 2 amide bonds. The van der Waals surface area contributed by atoms with E-state index in [0.717, 1.165) is 94.0 Å². The monoisotopic (exact) mass is 1010 g/mol. The third kappa shape index (κ3) is 9.06. The van der Waals surface area contributed by atoms with Gasteiger partial charge in [-0.1, -0.05) is 40.5 Å². The van der Waals surface area contributed by atoms with Crippen LogP contribution in [0.4, 0.5) is 0 Å². The van der Waals surface area contributed by atoms with Gasteiger partial charge in [0.15, 0.2) is 5.78 Å². The summed E-state index contributed by atoms with van der Waals surface area (Å²) in [6, 6.07) is 13.8. The summed E-state index contributed by atoms with van der Waals surface area (Å²) in [6.45, 7) is 1.23. The Morgan fingerprint density at radius 1 is 0.619 bits per heavy atom. The van der Waals surface area contributed by atoms with Gasteiger partial charge < -0.3 is 15.0 Å². The molecule has 63 heavy (non-hydrogen) atoms. The minimum Gasteiger partial charge on any atom is -0.411 e. The number of Topliss-reactive ketones (excluding diaryl/α,β-unsaturated/α-hetero) is 1. The smallest absolute Gasteiger partial charge is 0.253 e. The lowest BCUT2D eigenvalue weighted by Gasteiger charge is -2.32. The number of nitrogens with zero attached hydrogens (tertiary/aromatic N) is 7. The SMILES string of the molecule is O=C1CCCc2sc(CN3CCN(S(=O)(=O)c4cc5ccc(Cl)cc5s4)CC3=O)nc21.O=C1CN(S(=O)(=O)c2cc3ccc(Cl)cc3s2)CCN1Cc1nc2c(s1)CCCC2=NO. The zero-order valence-electron chi connectivity index (χ0n) is 33.2. The number of carbonyl (C=O) groups excluding carboxylic acids is 3. The van der Waals surface area contributed by atoms with Gasteiger partial charge in [0.1, 0.15) is 35.5 Å². The van der Waals surface area contributed by atoms with E-state index in [0.29, 0.717) is 53.9 Å². The highest BCUT2D eigenvalue weighted by atomic mass is 35.5. The van der Waals surface area contributed by atoms with Crippen molar-refractivity contribution >= 4 is 132 Å². The van der Waals surface area contributed by atoms with Crippen LogP contribution in [0.15, 0.2) is 62.1 Å². The number of aryl methyl sites for hydroxylation is 2. The number of piperazine rings is 2. The first-order chi connectivity index (χ1) is 30.2. The number of amides is 2. The van der Waals surface area contributed by atoms with Crippen molar-refractivity contribution in [3.8, 4) is 0 Å². The molecule has 2 fully saturated rings. The molecule has 2 aliphatic heterocycles. The maximum absolute atomic E-state index is 13.1. The van der Waals surface area contributed by atoms with E-state index in [-0.39, 0.29) is 58.7 Å². The number of hydrogen-bond acceptors (Lipinski definition) is 15. The number of sulfonamides is 2. The Morgan fingerprint density at radius 3 is 1.57 bits per heavy atom. The summed E-state index contributed by atoms with van der Waals surface area (Å²) in [5.41, 5.74) is 1.85. The van der Waals surface area contributed by atoms with Crippen molar-refractivity contribution in [3.05, 3.63) is 89.7 Å². The van der Waals surface area contributed by atoms with Crippen LogP contribution in [0.3, 0.4) is 0 Å². The fourth-order valence-corrected chi connectivity index (χ4v) is 16.5. The molecule has 2 saturated heterocycles. The molecule has 0 radical (unpaired) electrons. The largest absolute Gasteiger partial charge is 0.411 e. The van der Waals surface area contributed by atoms with Crippen LogP contribution in [0.5, 0.6) is 0 Å². The van der Waals surface area contributed by atoms with Gasteiger partial charge in [0.05, 0.1) is 26.2 Å². The highest BCUT2D eigenvalue weighted by Gasteiger charge is 2.36. The number of benzene rings is 2. The Labute approximate surface area is 388 Å². The number of fused-ring (bicyclic) bond motifs is 4. The second kappa shape index (κ2) is 17.8. The van der Waals surface area contributed by atoms with Gasteiger partial charge in [-0.15, -0.1) is 45.3 Å². The summed E-state index contributed by atoms with van der Waals surface area (Å²) >= 11 is 17.3. The number of aromatic nitrogens is 2. The number of thiophene rings is 2. The van der Waals surface area contributed by atoms with E-state index in [1.54, 1.807) is 58.3 Å².